The van der Waals surface area contributed by atoms with Gasteiger partial charge in [0.2, 0.25) is 0 Å². The first-order valence-corrected chi connectivity index (χ1v) is 6.65. The fraction of sp³-hybridized carbons (Fsp3) is 0.167. The van der Waals surface area contributed by atoms with Gasteiger partial charge in [0.15, 0.2) is 0 Å². The molecule has 0 fully saturated rings. The van der Waals surface area contributed by atoms with Crippen LogP contribution < -0.4 is 11.2 Å². The van der Waals surface area contributed by atoms with Crippen LogP contribution in [0.25, 0.3) is 0 Å². The van der Waals surface area contributed by atoms with Crippen molar-refractivity contribution in [3.05, 3.63) is 65.5 Å². The molecule has 0 unspecified atom stereocenters. The molecule has 1 aromatic carbocycles. The number of hydrogen-bond donors (Lipinski definition) is 0. The maximum absolute atomic E-state index is 11.9. The lowest BCUT2D eigenvalue weighted by atomic mass is 10.2. The van der Waals surface area contributed by atoms with E-state index in [1.165, 1.54) is 17.7 Å². The van der Waals surface area contributed by atoms with Crippen LogP contribution in [0, 0.1) is 3.57 Å². The van der Waals surface area contributed by atoms with Crippen LogP contribution in [0.3, 0.4) is 0 Å². The lowest BCUT2D eigenvalue weighted by Crippen LogP contribution is -2.37. The first-order chi connectivity index (χ1) is 8.49. The van der Waals surface area contributed by atoms with E-state index in [0.717, 1.165) is 13.7 Å². The second kappa shape index (κ2) is 5.27. The first-order valence-electron chi connectivity index (χ1n) is 5.20. The Balaban J connectivity index is 2.51. The zero-order chi connectivity index (χ0) is 13.3. The fourth-order valence-electron chi connectivity index (χ4n) is 1.60. The topological polar surface area (TPSA) is 44.0 Å². The molecule has 0 radical (unpaired) electrons. The van der Waals surface area contributed by atoms with Crippen LogP contribution in [0.1, 0.15) is 5.56 Å². The molecule has 0 N–H and O–H groups in total. The second-order valence-electron chi connectivity index (χ2n) is 3.86. The van der Waals surface area contributed by atoms with Crippen LogP contribution in [0.2, 0.25) is 5.15 Å². The summed E-state index contributed by atoms with van der Waals surface area (Å²) in [5.41, 5.74) is 0.153. The molecule has 4 nitrogen and oxygen atoms in total. The zero-order valence-electron chi connectivity index (χ0n) is 9.56. The van der Waals surface area contributed by atoms with Crippen LogP contribution in [0.4, 0.5) is 0 Å². The molecule has 0 saturated carbocycles. The molecule has 1 heterocycles. The molecule has 0 aliphatic carbocycles. The third-order valence-corrected chi connectivity index (χ3v) is 3.56. The quantitative estimate of drug-likeness (QED) is 0.593. The minimum Gasteiger partial charge on any atom is -0.279 e. The van der Waals surface area contributed by atoms with Crippen molar-refractivity contribution >= 4 is 34.2 Å². The van der Waals surface area contributed by atoms with E-state index in [1.807, 2.05) is 24.3 Å². The zero-order valence-corrected chi connectivity index (χ0v) is 12.5. The summed E-state index contributed by atoms with van der Waals surface area (Å²) in [4.78, 5) is 23.3. The van der Waals surface area contributed by atoms with Crippen molar-refractivity contribution in [2.75, 3.05) is 0 Å². The lowest BCUT2D eigenvalue weighted by Gasteiger charge is -2.09. The minimum absolute atomic E-state index is 0.155. The van der Waals surface area contributed by atoms with Crippen LogP contribution in [-0.2, 0) is 13.6 Å². The maximum atomic E-state index is 11.9. The van der Waals surface area contributed by atoms with Gasteiger partial charge in [0.05, 0.1) is 6.54 Å². The van der Waals surface area contributed by atoms with Gasteiger partial charge in [0.25, 0.3) is 5.56 Å². The number of benzene rings is 1. The van der Waals surface area contributed by atoms with E-state index in [9.17, 15) is 9.59 Å². The monoisotopic (exact) mass is 376 g/mol. The summed E-state index contributed by atoms with van der Waals surface area (Å²) in [6.45, 7) is 0.350. The molecule has 0 bridgehead atoms. The van der Waals surface area contributed by atoms with Crippen molar-refractivity contribution in [2.24, 2.45) is 7.05 Å². The molecule has 94 valence electrons. The number of aromatic nitrogens is 2. The van der Waals surface area contributed by atoms with Gasteiger partial charge in [0, 0.05) is 16.7 Å². The summed E-state index contributed by atoms with van der Waals surface area (Å²) < 4.78 is 3.49. The average molecular weight is 377 g/mol. The van der Waals surface area contributed by atoms with Gasteiger partial charge in [-0.15, -0.1) is 0 Å². The highest BCUT2D eigenvalue weighted by atomic mass is 127. The Bertz CT molecular complexity index is 706. The van der Waals surface area contributed by atoms with E-state index < -0.39 is 11.2 Å². The molecule has 0 spiro atoms. The highest BCUT2D eigenvalue weighted by Gasteiger charge is 2.07. The maximum Gasteiger partial charge on any atom is 0.332 e. The van der Waals surface area contributed by atoms with Gasteiger partial charge < -0.3 is 0 Å². The standard InChI is InChI=1S/C12H10ClIN2O2/c1-15-11(17)6-10(13)16(12(15)18)7-8-3-2-4-9(14)5-8/h2-6H,7H2,1H3. The van der Waals surface area contributed by atoms with Crippen molar-refractivity contribution < 1.29 is 0 Å². The normalized spacial score (nSPS) is 10.6. The number of nitrogens with zero attached hydrogens (tertiary/aromatic N) is 2. The highest BCUT2D eigenvalue weighted by Crippen LogP contribution is 2.11. The van der Waals surface area contributed by atoms with Crippen molar-refractivity contribution in [3.63, 3.8) is 0 Å². The first kappa shape index (κ1) is 13.4. The largest absolute Gasteiger partial charge is 0.332 e. The van der Waals surface area contributed by atoms with E-state index >= 15 is 0 Å². The molecular formula is C12H10ClIN2O2. The summed E-state index contributed by atoms with van der Waals surface area (Å²) in [6, 6.07) is 9.01. The molecule has 2 rings (SSSR count). The van der Waals surface area contributed by atoms with E-state index in [0.29, 0.717) is 6.54 Å². The number of halogens is 2. The Morgan fingerprint density at radius 1 is 1.28 bits per heavy atom. The summed E-state index contributed by atoms with van der Waals surface area (Å²) in [6.07, 6.45) is 0. The predicted molar refractivity (Wildman–Crippen MR) is 79.2 cm³/mol. The molecule has 0 amide bonds. The van der Waals surface area contributed by atoms with Gasteiger partial charge in [-0.2, -0.15) is 0 Å². The van der Waals surface area contributed by atoms with Crippen LogP contribution in [-0.4, -0.2) is 9.13 Å². The molecule has 1 aromatic heterocycles. The van der Waals surface area contributed by atoms with Gasteiger partial charge in [-0.25, -0.2) is 4.79 Å². The van der Waals surface area contributed by atoms with Crippen LogP contribution >= 0.6 is 34.2 Å². The van der Waals surface area contributed by atoms with E-state index in [2.05, 4.69) is 22.6 Å². The molecular weight excluding hydrogens is 367 g/mol. The van der Waals surface area contributed by atoms with Gasteiger partial charge in [-0.3, -0.25) is 13.9 Å². The smallest absolute Gasteiger partial charge is 0.279 e. The lowest BCUT2D eigenvalue weighted by molar-refractivity contribution is 0.646. The van der Waals surface area contributed by atoms with Crippen LogP contribution in [0.5, 0.6) is 0 Å². The Labute approximate surface area is 122 Å². The molecule has 18 heavy (non-hydrogen) atoms. The summed E-state index contributed by atoms with van der Waals surface area (Å²) in [5, 5.41) is 0.155. The molecule has 0 aliphatic rings. The Morgan fingerprint density at radius 3 is 2.67 bits per heavy atom. The number of rotatable bonds is 2. The Hall–Kier alpha value is -1.08. The minimum atomic E-state index is -0.411. The third-order valence-electron chi connectivity index (χ3n) is 2.58. The highest BCUT2D eigenvalue weighted by molar-refractivity contribution is 14.1. The average Bonchev–Trinajstić information content (AvgIpc) is 2.32. The van der Waals surface area contributed by atoms with Crippen LogP contribution in [0.15, 0.2) is 39.9 Å². The van der Waals surface area contributed by atoms with Gasteiger partial charge in [-0.05, 0) is 40.3 Å². The van der Waals surface area contributed by atoms with Gasteiger partial charge in [0.1, 0.15) is 5.15 Å². The summed E-state index contributed by atoms with van der Waals surface area (Å²) in [5.74, 6) is 0. The third kappa shape index (κ3) is 2.67. The Kier molecular flexibility index (Phi) is 3.91. The van der Waals surface area contributed by atoms with Crippen molar-refractivity contribution in [1.29, 1.82) is 0 Å². The summed E-state index contributed by atoms with van der Waals surface area (Å²) >= 11 is 8.15. The van der Waals surface area contributed by atoms with Crippen molar-refractivity contribution in [2.45, 2.75) is 6.54 Å². The summed E-state index contributed by atoms with van der Waals surface area (Å²) in [7, 11) is 1.44. The molecule has 0 saturated heterocycles. The van der Waals surface area contributed by atoms with E-state index in [1.54, 1.807) is 0 Å². The number of hydrogen-bond acceptors (Lipinski definition) is 2. The van der Waals surface area contributed by atoms with Crippen molar-refractivity contribution in [3.8, 4) is 0 Å². The molecule has 0 atom stereocenters. The second-order valence-corrected chi connectivity index (χ2v) is 5.50. The molecule has 6 heteroatoms. The fourth-order valence-corrected chi connectivity index (χ4v) is 2.44. The van der Waals surface area contributed by atoms with Gasteiger partial charge >= 0.3 is 5.69 Å². The predicted octanol–water partition coefficient (Wildman–Crippen LogP) is 1.85. The molecule has 2 aromatic rings. The van der Waals surface area contributed by atoms with E-state index in [-0.39, 0.29) is 5.15 Å². The molecule has 0 aliphatic heterocycles. The van der Waals surface area contributed by atoms with Crippen molar-refractivity contribution in [1.82, 2.24) is 9.13 Å². The van der Waals surface area contributed by atoms with E-state index in [4.69, 9.17) is 11.6 Å². The Morgan fingerprint density at radius 2 is 2.00 bits per heavy atom. The SMILES string of the molecule is Cn1c(=O)cc(Cl)n(Cc2cccc(I)c2)c1=O. The van der Waals surface area contributed by atoms with Gasteiger partial charge in [-0.1, -0.05) is 23.7 Å².